The van der Waals surface area contributed by atoms with Crippen molar-refractivity contribution >= 4 is 43.6 Å². The van der Waals surface area contributed by atoms with Crippen molar-refractivity contribution in [1.29, 1.82) is 5.26 Å². The average molecular weight is 1080 g/mol. The Morgan fingerprint density at radius 3 is 0.917 bits per heavy atom. The van der Waals surface area contributed by atoms with E-state index in [1.165, 1.54) is 66.8 Å². The number of fused-ring (bicyclic) bond motifs is 6. The second kappa shape index (κ2) is 20.6. The molecule has 0 atom stereocenters. The van der Waals surface area contributed by atoms with Crippen LogP contribution in [0.25, 0.3) is 133 Å². The summed E-state index contributed by atoms with van der Waals surface area (Å²) in [6.45, 7) is 17.5. The zero-order valence-electron chi connectivity index (χ0n) is 48.7. The Morgan fingerprint density at radius 2 is 0.607 bits per heavy atom. The first-order valence-corrected chi connectivity index (χ1v) is 29.0. The van der Waals surface area contributed by atoms with Crippen LogP contribution in [0.3, 0.4) is 0 Å². The number of hydrogen-bond donors (Lipinski definition) is 0. The lowest BCUT2D eigenvalue weighted by Gasteiger charge is -2.20. The van der Waals surface area contributed by atoms with Crippen LogP contribution in [0.15, 0.2) is 231 Å². The first kappa shape index (κ1) is 51.8. The van der Waals surface area contributed by atoms with E-state index < -0.39 is 0 Å². The van der Waals surface area contributed by atoms with Gasteiger partial charge in [0, 0.05) is 38.2 Å². The molecule has 4 nitrogen and oxygen atoms in total. The first-order valence-electron chi connectivity index (χ1n) is 29.0. The summed E-state index contributed by atoms with van der Waals surface area (Å²) >= 11 is 0. The highest BCUT2D eigenvalue weighted by molar-refractivity contribution is 6.14. The van der Waals surface area contributed by atoms with E-state index in [4.69, 9.17) is 4.98 Å². The van der Waals surface area contributed by atoms with Crippen LogP contribution >= 0.6 is 0 Å². The fourth-order valence-electron chi connectivity index (χ4n) is 13.3. The fraction of sp³-hybridized carbons (Fsp3) is 0.100. The van der Waals surface area contributed by atoms with Gasteiger partial charge in [0.25, 0.3) is 0 Å². The molecule has 402 valence electrons. The molecular weight excluding hydrogens is 1020 g/mol. The van der Waals surface area contributed by atoms with Crippen molar-refractivity contribution in [3.63, 3.8) is 0 Å². The minimum absolute atomic E-state index is 0.557. The summed E-state index contributed by atoms with van der Waals surface area (Å²) in [7, 11) is 0. The van der Waals surface area contributed by atoms with Crippen LogP contribution in [0.1, 0.15) is 50.1 Å². The molecule has 0 fully saturated rings. The van der Waals surface area contributed by atoms with Crippen LogP contribution in [0, 0.1) is 66.7 Å². The summed E-state index contributed by atoms with van der Waals surface area (Å²) in [5.41, 5.74) is 31.4. The maximum absolute atomic E-state index is 11.8. The molecule has 0 spiro atoms. The number of nitriles is 1. The molecule has 0 radical (unpaired) electrons. The van der Waals surface area contributed by atoms with E-state index in [0.717, 1.165) is 111 Å². The van der Waals surface area contributed by atoms with Crippen molar-refractivity contribution in [2.45, 2.75) is 55.4 Å². The zero-order chi connectivity index (χ0) is 57.5. The number of aryl methyl sites for hydroxylation is 8. The third-order valence-electron chi connectivity index (χ3n) is 17.3. The van der Waals surface area contributed by atoms with E-state index in [1.807, 2.05) is 12.1 Å². The summed E-state index contributed by atoms with van der Waals surface area (Å²) in [4.78, 5) is 5.31. The van der Waals surface area contributed by atoms with Crippen LogP contribution in [-0.2, 0) is 0 Å². The molecule has 14 rings (SSSR count). The molecule has 14 aromatic rings. The number of pyridine rings is 1. The number of hydrogen-bond acceptors (Lipinski definition) is 2. The Hall–Kier alpha value is -10.3. The molecule has 0 saturated heterocycles. The van der Waals surface area contributed by atoms with Crippen molar-refractivity contribution in [2.75, 3.05) is 0 Å². The van der Waals surface area contributed by atoms with Crippen molar-refractivity contribution < 1.29 is 0 Å². The SMILES string of the molecule is Cc1ccc(-c2ccc3c(c2)c2cc(-c4ccc(C)cc4C)ccc2n3-c2cc(C#N)c(-c3cc(-c4ccccc4)nc(-c4ccccc4)c3)cc2-n2c3ccc(-c4ccc(C)cc4C)cc3c3cc(-c4ccc(C)cc4C)ccc32)c(C)c1. The van der Waals surface area contributed by atoms with Gasteiger partial charge in [-0.2, -0.15) is 5.26 Å². The molecule has 0 aliphatic rings. The van der Waals surface area contributed by atoms with Crippen LogP contribution in [0.4, 0.5) is 0 Å². The minimum Gasteiger partial charge on any atom is -0.307 e. The van der Waals surface area contributed by atoms with Gasteiger partial charge in [0.05, 0.1) is 56.5 Å². The number of aromatic nitrogens is 3. The van der Waals surface area contributed by atoms with Gasteiger partial charge in [-0.3, -0.25) is 0 Å². The quantitative estimate of drug-likeness (QED) is 0.145. The van der Waals surface area contributed by atoms with Crippen molar-refractivity contribution in [2.24, 2.45) is 0 Å². The number of benzene rings is 11. The van der Waals surface area contributed by atoms with E-state index in [-0.39, 0.29) is 0 Å². The average Bonchev–Trinajstić information content (AvgIpc) is 2.13. The fourth-order valence-corrected chi connectivity index (χ4v) is 13.3. The Kier molecular flexibility index (Phi) is 12.7. The molecule has 0 aliphatic carbocycles. The third kappa shape index (κ3) is 8.98. The van der Waals surface area contributed by atoms with Gasteiger partial charge >= 0.3 is 0 Å². The molecule has 11 aromatic carbocycles. The van der Waals surface area contributed by atoms with E-state index in [2.05, 4.69) is 289 Å². The van der Waals surface area contributed by atoms with Gasteiger partial charge in [0.15, 0.2) is 0 Å². The van der Waals surface area contributed by atoms with Gasteiger partial charge in [0.2, 0.25) is 0 Å². The Balaban J connectivity index is 1.12. The highest BCUT2D eigenvalue weighted by atomic mass is 15.1. The maximum atomic E-state index is 11.8. The van der Waals surface area contributed by atoms with Crippen LogP contribution in [0.5, 0.6) is 0 Å². The maximum Gasteiger partial charge on any atom is 0.0998 e. The predicted molar refractivity (Wildman–Crippen MR) is 354 cm³/mol. The topological polar surface area (TPSA) is 46.5 Å². The Bertz CT molecular complexity index is 4770. The monoisotopic (exact) mass is 1080 g/mol. The summed E-state index contributed by atoms with van der Waals surface area (Å²) in [6.07, 6.45) is 0. The summed E-state index contributed by atoms with van der Waals surface area (Å²) < 4.78 is 4.89. The van der Waals surface area contributed by atoms with Crippen LogP contribution < -0.4 is 0 Å². The summed E-state index contributed by atoms with van der Waals surface area (Å²) in [5, 5.41) is 16.3. The van der Waals surface area contributed by atoms with E-state index >= 15 is 0 Å². The molecule has 0 unspecified atom stereocenters. The molecule has 0 bridgehead atoms. The number of nitrogens with zero attached hydrogens (tertiary/aromatic N) is 4. The Labute approximate surface area is 491 Å². The zero-order valence-corrected chi connectivity index (χ0v) is 48.7. The highest BCUT2D eigenvalue weighted by Gasteiger charge is 2.25. The third-order valence-corrected chi connectivity index (χ3v) is 17.3. The van der Waals surface area contributed by atoms with E-state index in [0.29, 0.717) is 5.56 Å². The lowest BCUT2D eigenvalue weighted by molar-refractivity contribution is 1.09. The molecular formula is C80H62N4. The van der Waals surface area contributed by atoms with Crippen molar-refractivity contribution in [1.82, 2.24) is 14.1 Å². The predicted octanol–water partition coefficient (Wildman–Crippen LogP) is 21.3. The van der Waals surface area contributed by atoms with Crippen LogP contribution in [-0.4, -0.2) is 14.1 Å². The van der Waals surface area contributed by atoms with Gasteiger partial charge in [0.1, 0.15) is 0 Å². The number of rotatable bonds is 9. The van der Waals surface area contributed by atoms with Gasteiger partial charge in [-0.15, -0.1) is 0 Å². The van der Waals surface area contributed by atoms with Gasteiger partial charge in [-0.1, -0.05) is 180 Å². The molecule has 3 heterocycles. The Morgan fingerprint density at radius 1 is 0.286 bits per heavy atom. The molecule has 84 heavy (non-hydrogen) atoms. The molecule has 0 aliphatic heterocycles. The second-order valence-electron chi connectivity index (χ2n) is 23.2. The largest absolute Gasteiger partial charge is 0.307 e. The molecule has 4 heteroatoms. The van der Waals surface area contributed by atoms with Gasteiger partial charge < -0.3 is 9.13 Å². The second-order valence-corrected chi connectivity index (χ2v) is 23.2. The lowest BCUT2D eigenvalue weighted by Crippen LogP contribution is -2.06. The first-order chi connectivity index (χ1) is 40.8. The minimum atomic E-state index is 0.557. The molecule has 3 aromatic heterocycles. The van der Waals surface area contributed by atoms with E-state index in [1.54, 1.807) is 0 Å². The highest BCUT2D eigenvalue weighted by Crippen LogP contribution is 2.45. The molecule has 0 N–H and O–H groups in total. The van der Waals surface area contributed by atoms with Crippen molar-refractivity contribution in [3.05, 3.63) is 281 Å². The lowest BCUT2D eigenvalue weighted by atomic mass is 9.95. The van der Waals surface area contributed by atoms with Crippen LogP contribution in [0.2, 0.25) is 0 Å². The standard InChI is InChI=1S/C80H62N4/c1-48-19-27-64(52(5)35-48)58-23-31-75-69(39-58)70-40-59(65-28-20-49(2)36-53(65)6)24-32-76(70)83(75)79-45-63(47-81)68(62-43-73(56-15-11-9-12-16-56)82-74(44-62)57-17-13-10-14-18-57)46-80(79)84-77-33-25-60(66-29-21-50(3)37-54(66)7)41-71(77)72-42-61(26-34-78(72)84)67-30-22-51(4)38-55(67)8/h9-46H,1-8H3. The van der Waals surface area contributed by atoms with Gasteiger partial charge in [-0.25, -0.2) is 4.98 Å². The summed E-state index contributed by atoms with van der Waals surface area (Å²) in [5.74, 6) is 0. The summed E-state index contributed by atoms with van der Waals surface area (Å²) in [6, 6.07) is 87.1. The van der Waals surface area contributed by atoms with E-state index in [9.17, 15) is 5.26 Å². The smallest absolute Gasteiger partial charge is 0.0998 e. The normalized spacial score (nSPS) is 11.6. The van der Waals surface area contributed by atoms with Gasteiger partial charge in [-0.05, 0) is 201 Å². The van der Waals surface area contributed by atoms with Crippen molar-refractivity contribution in [3.8, 4) is 95.6 Å². The molecule has 0 saturated carbocycles. The molecule has 0 amide bonds.